The molecule has 1 saturated carbocycles. The average Bonchev–Trinajstić information content (AvgIpc) is 2.67. The molecule has 1 aromatic carbocycles. The lowest BCUT2D eigenvalue weighted by Gasteiger charge is -2.29. The number of carbonyl (C=O) groups is 2. The van der Waals surface area contributed by atoms with Gasteiger partial charge in [0.15, 0.2) is 0 Å². The number of hydrogen-bond donors (Lipinski definition) is 1. The highest BCUT2D eigenvalue weighted by molar-refractivity contribution is 6.12. The van der Waals surface area contributed by atoms with Gasteiger partial charge in [-0.25, -0.2) is 9.18 Å². The molecular formula is C19H22FNO3. The van der Waals surface area contributed by atoms with E-state index in [1.54, 1.807) is 13.8 Å². The summed E-state index contributed by atoms with van der Waals surface area (Å²) in [6.45, 7) is 3.38. The Kier molecular flexibility index (Phi) is 4.43. The molecule has 2 aliphatic rings. The number of carbonyl (C=O) groups excluding carboxylic acids is 2. The average molecular weight is 331 g/mol. The van der Waals surface area contributed by atoms with Crippen molar-refractivity contribution in [2.45, 2.75) is 58.0 Å². The smallest absolute Gasteiger partial charge is 0.335 e. The van der Waals surface area contributed by atoms with E-state index in [0.717, 1.165) is 25.7 Å². The van der Waals surface area contributed by atoms with Gasteiger partial charge < -0.3 is 10.1 Å². The van der Waals surface area contributed by atoms with Crippen molar-refractivity contribution in [2.75, 3.05) is 5.32 Å². The van der Waals surface area contributed by atoms with Crippen molar-refractivity contribution in [3.05, 3.63) is 40.7 Å². The number of nitrogens with one attached hydrogen (secondary N) is 1. The van der Waals surface area contributed by atoms with Gasteiger partial charge in [-0.05, 0) is 63.3 Å². The Bertz CT molecular complexity index is 715. The first-order valence-corrected chi connectivity index (χ1v) is 8.45. The number of halogens is 1. The molecule has 1 aliphatic carbocycles. The minimum atomic E-state index is -0.796. The van der Waals surface area contributed by atoms with Gasteiger partial charge in [-0.2, -0.15) is 0 Å². The highest BCUT2D eigenvalue weighted by Gasteiger charge is 2.49. The van der Waals surface area contributed by atoms with E-state index >= 15 is 0 Å². The quantitative estimate of drug-likeness (QED) is 0.832. The Hall–Kier alpha value is -2.17. The summed E-state index contributed by atoms with van der Waals surface area (Å²) in [4.78, 5) is 25.0. The first kappa shape index (κ1) is 16.7. The van der Waals surface area contributed by atoms with Crippen LogP contribution in [0.2, 0.25) is 0 Å². The molecule has 1 N–H and O–H groups in total. The lowest BCUT2D eigenvalue weighted by molar-refractivity contribution is -0.148. The molecule has 1 aromatic rings. The van der Waals surface area contributed by atoms with Crippen LogP contribution in [0.5, 0.6) is 0 Å². The monoisotopic (exact) mass is 331 g/mol. The zero-order valence-corrected chi connectivity index (χ0v) is 14.1. The van der Waals surface area contributed by atoms with Gasteiger partial charge in [0.1, 0.15) is 11.4 Å². The molecule has 128 valence electrons. The number of benzene rings is 1. The number of anilines is 1. The van der Waals surface area contributed by atoms with Gasteiger partial charge in [0, 0.05) is 11.3 Å². The van der Waals surface area contributed by atoms with E-state index in [1.165, 1.54) is 18.2 Å². The Morgan fingerprint density at radius 1 is 1.17 bits per heavy atom. The SMILES string of the molecule is CC1=C(C(=O)Nc2ccc(F)cc2C)C2(CCCCCC2)OC1=O. The molecule has 3 rings (SSSR count). The van der Waals surface area contributed by atoms with Crippen LogP contribution in [-0.4, -0.2) is 17.5 Å². The molecule has 1 aliphatic heterocycles. The largest absolute Gasteiger partial charge is 0.451 e. The molecule has 0 aromatic heterocycles. The summed E-state index contributed by atoms with van der Waals surface area (Å²) in [5, 5.41) is 2.83. The Labute approximate surface area is 141 Å². The number of aryl methyl sites for hydroxylation is 1. The van der Waals surface area contributed by atoms with Crippen LogP contribution in [0.1, 0.15) is 51.0 Å². The Morgan fingerprint density at radius 3 is 2.46 bits per heavy atom. The summed E-state index contributed by atoms with van der Waals surface area (Å²) >= 11 is 0. The van der Waals surface area contributed by atoms with E-state index in [-0.39, 0.29) is 11.7 Å². The summed E-state index contributed by atoms with van der Waals surface area (Å²) in [5.74, 6) is -1.08. The fourth-order valence-corrected chi connectivity index (χ4v) is 3.73. The van der Waals surface area contributed by atoms with Crippen molar-refractivity contribution in [2.24, 2.45) is 0 Å². The molecule has 1 spiro atoms. The third-order valence-corrected chi connectivity index (χ3v) is 5.00. The van der Waals surface area contributed by atoms with Gasteiger partial charge in [-0.15, -0.1) is 0 Å². The van der Waals surface area contributed by atoms with Gasteiger partial charge in [0.25, 0.3) is 5.91 Å². The van der Waals surface area contributed by atoms with Gasteiger partial charge >= 0.3 is 5.97 Å². The molecule has 0 atom stereocenters. The summed E-state index contributed by atoms with van der Waals surface area (Å²) in [5.41, 5.74) is 1.22. The molecule has 0 saturated heterocycles. The Morgan fingerprint density at radius 2 is 1.83 bits per heavy atom. The topological polar surface area (TPSA) is 55.4 Å². The van der Waals surface area contributed by atoms with Crippen LogP contribution in [-0.2, 0) is 14.3 Å². The number of rotatable bonds is 2. The van der Waals surface area contributed by atoms with Crippen LogP contribution in [0.4, 0.5) is 10.1 Å². The van der Waals surface area contributed by atoms with Crippen LogP contribution in [0.15, 0.2) is 29.3 Å². The minimum absolute atomic E-state index is 0.324. The van der Waals surface area contributed by atoms with E-state index in [4.69, 9.17) is 4.74 Å². The minimum Gasteiger partial charge on any atom is -0.451 e. The highest BCUT2D eigenvalue weighted by Crippen LogP contribution is 2.43. The number of hydrogen-bond acceptors (Lipinski definition) is 3. The van der Waals surface area contributed by atoms with Gasteiger partial charge in [-0.3, -0.25) is 4.79 Å². The summed E-state index contributed by atoms with van der Waals surface area (Å²) in [6, 6.07) is 4.21. The number of ether oxygens (including phenoxy) is 1. The van der Waals surface area contributed by atoms with Gasteiger partial charge in [-0.1, -0.05) is 12.8 Å². The van der Waals surface area contributed by atoms with Gasteiger partial charge in [0.2, 0.25) is 0 Å². The molecule has 24 heavy (non-hydrogen) atoms. The standard InChI is InChI=1S/C19H22FNO3/c1-12-11-14(20)7-8-15(12)21-17(22)16-13(2)18(23)24-19(16)9-5-3-4-6-10-19/h7-8,11H,3-6,9-10H2,1-2H3,(H,21,22). The molecule has 1 amide bonds. The Balaban J connectivity index is 1.92. The van der Waals surface area contributed by atoms with Crippen LogP contribution in [0.3, 0.4) is 0 Å². The molecule has 4 nitrogen and oxygen atoms in total. The van der Waals surface area contributed by atoms with E-state index in [2.05, 4.69) is 5.32 Å². The lowest BCUT2D eigenvalue weighted by Crippen LogP contribution is -2.36. The van der Waals surface area contributed by atoms with Crippen molar-refractivity contribution in [3.8, 4) is 0 Å². The third kappa shape index (κ3) is 2.95. The third-order valence-electron chi connectivity index (χ3n) is 5.00. The van der Waals surface area contributed by atoms with E-state index in [0.29, 0.717) is 35.2 Å². The molecule has 0 unspecified atom stereocenters. The predicted octanol–water partition coefficient (Wildman–Crippen LogP) is 4.04. The first-order valence-electron chi connectivity index (χ1n) is 8.45. The summed E-state index contributed by atoms with van der Waals surface area (Å²) in [7, 11) is 0. The van der Waals surface area contributed by atoms with Crippen molar-refractivity contribution in [1.29, 1.82) is 0 Å². The number of esters is 1. The van der Waals surface area contributed by atoms with E-state index in [1.807, 2.05) is 0 Å². The fourth-order valence-electron chi connectivity index (χ4n) is 3.73. The maximum Gasteiger partial charge on any atom is 0.335 e. The molecule has 0 bridgehead atoms. The van der Waals surface area contributed by atoms with Crippen molar-refractivity contribution >= 4 is 17.6 Å². The van der Waals surface area contributed by atoms with E-state index < -0.39 is 11.6 Å². The van der Waals surface area contributed by atoms with Crippen molar-refractivity contribution < 1.29 is 18.7 Å². The molecule has 1 fully saturated rings. The normalized spacial score (nSPS) is 20.0. The van der Waals surface area contributed by atoms with Crippen LogP contribution in [0.25, 0.3) is 0 Å². The number of amides is 1. The van der Waals surface area contributed by atoms with Crippen LogP contribution >= 0.6 is 0 Å². The van der Waals surface area contributed by atoms with E-state index in [9.17, 15) is 14.0 Å². The van der Waals surface area contributed by atoms with Gasteiger partial charge in [0.05, 0.1) is 5.57 Å². The first-order chi connectivity index (χ1) is 11.4. The zero-order chi connectivity index (χ0) is 17.3. The fraction of sp³-hybridized carbons (Fsp3) is 0.474. The molecular weight excluding hydrogens is 309 g/mol. The van der Waals surface area contributed by atoms with Crippen LogP contribution in [0, 0.1) is 12.7 Å². The summed E-state index contributed by atoms with van der Waals surface area (Å²) in [6.07, 6.45) is 5.41. The molecule has 0 radical (unpaired) electrons. The maximum absolute atomic E-state index is 13.2. The van der Waals surface area contributed by atoms with Crippen LogP contribution < -0.4 is 5.32 Å². The lowest BCUT2D eigenvalue weighted by atomic mass is 9.84. The second-order valence-corrected chi connectivity index (χ2v) is 6.71. The zero-order valence-electron chi connectivity index (χ0n) is 14.1. The molecule has 5 heteroatoms. The van der Waals surface area contributed by atoms with Crippen molar-refractivity contribution in [1.82, 2.24) is 0 Å². The summed E-state index contributed by atoms with van der Waals surface area (Å²) < 4.78 is 18.9. The second-order valence-electron chi connectivity index (χ2n) is 6.71. The second kappa shape index (κ2) is 6.38. The highest BCUT2D eigenvalue weighted by atomic mass is 19.1. The maximum atomic E-state index is 13.2. The molecule has 1 heterocycles. The predicted molar refractivity (Wildman–Crippen MR) is 89.0 cm³/mol. The van der Waals surface area contributed by atoms with Crippen molar-refractivity contribution in [3.63, 3.8) is 0 Å².